The molecule has 0 saturated carbocycles. The van der Waals surface area contributed by atoms with Gasteiger partial charge in [-0.1, -0.05) is 6.07 Å². The van der Waals surface area contributed by atoms with Crippen molar-refractivity contribution in [3.63, 3.8) is 0 Å². The second-order valence-corrected chi connectivity index (χ2v) is 7.39. The summed E-state index contributed by atoms with van der Waals surface area (Å²) in [5, 5.41) is 6.89. The molecule has 184 valence electrons. The van der Waals surface area contributed by atoms with E-state index in [0.29, 0.717) is 22.8 Å². The zero-order valence-electron chi connectivity index (χ0n) is 17.8. The van der Waals surface area contributed by atoms with Crippen molar-refractivity contribution >= 4 is 11.6 Å². The molecule has 3 aromatic carbocycles. The van der Waals surface area contributed by atoms with E-state index in [1.807, 2.05) is 0 Å². The van der Waals surface area contributed by atoms with Crippen LogP contribution < -0.4 is 19.5 Å². The first-order valence-electron chi connectivity index (χ1n) is 10.1. The predicted octanol–water partition coefficient (Wildman–Crippen LogP) is 5.41. The lowest BCUT2D eigenvalue weighted by Gasteiger charge is -2.09. The van der Waals surface area contributed by atoms with Crippen LogP contribution in [0.15, 0.2) is 73.1 Å². The van der Waals surface area contributed by atoms with Crippen LogP contribution in [0, 0.1) is 0 Å². The highest BCUT2D eigenvalue weighted by atomic mass is 19.4. The first-order chi connectivity index (χ1) is 17.1. The fourth-order valence-corrected chi connectivity index (χ4v) is 3.37. The van der Waals surface area contributed by atoms with E-state index in [1.165, 1.54) is 41.3 Å². The second-order valence-electron chi connectivity index (χ2n) is 7.39. The number of carbonyl (C=O) groups is 1. The van der Waals surface area contributed by atoms with Gasteiger partial charge in [0.05, 0.1) is 11.3 Å². The highest BCUT2D eigenvalue weighted by molar-refractivity contribution is 6.06. The molecular formula is C23H13F5N4O4. The summed E-state index contributed by atoms with van der Waals surface area (Å²) in [6.07, 6.45) is -7.25. The van der Waals surface area contributed by atoms with Gasteiger partial charge in [-0.25, -0.2) is 9.67 Å². The van der Waals surface area contributed by atoms with Crippen molar-refractivity contribution in [2.45, 2.75) is 12.7 Å². The Morgan fingerprint density at radius 2 is 1.69 bits per heavy atom. The third kappa shape index (κ3) is 4.89. The maximum absolute atomic E-state index is 13.4. The number of halogens is 5. The van der Waals surface area contributed by atoms with Gasteiger partial charge < -0.3 is 19.5 Å². The van der Waals surface area contributed by atoms with Crippen LogP contribution in [0.25, 0.3) is 17.1 Å². The van der Waals surface area contributed by atoms with Gasteiger partial charge in [0, 0.05) is 11.3 Å². The maximum Gasteiger partial charge on any atom is 0.586 e. The van der Waals surface area contributed by atoms with Crippen molar-refractivity contribution in [2.75, 3.05) is 5.32 Å². The molecular weight excluding hydrogens is 491 g/mol. The number of para-hydroxylation sites is 1. The van der Waals surface area contributed by atoms with Gasteiger partial charge >= 0.3 is 12.7 Å². The topological polar surface area (TPSA) is 87.5 Å². The molecule has 2 heterocycles. The minimum absolute atomic E-state index is 0.124. The number of rotatable bonds is 5. The molecule has 0 spiro atoms. The van der Waals surface area contributed by atoms with Crippen molar-refractivity contribution < 1.29 is 41.0 Å². The highest BCUT2D eigenvalue weighted by Crippen LogP contribution is 2.43. The SMILES string of the molecule is O=C(Nc1ccc(-c2ncn(-c3ccc(OC(F)(F)F)cc3)n2)cc1)c1cccc2c1OC(F)(F)O2. The molecule has 8 nitrogen and oxygen atoms in total. The number of nitrogens with zero attached hydrogens (tertiary/aromatic N) is 3. The van der Waals surface area contributed by atoms with Gasteiger partial charge in [-0.2, -0.15) is 0 Å². The van der Waals surface area contributed by atoms with E-state index in [-0.39, 0.29) is 22.8 Å². The second kappa shape index (κ2) is 8.52. The van der Waals surface area contributed by atoms with Crippen molar-refractivity contribution in [3.8, 4) is 34.3 Å². The Kier molecular flexibility index (Phi) is 5.46. The lowest BCUT2D eigenvalue weighted by molar-refractivity contribution is -0.286. The molecule has 0 atom stereocenters. The van der Waals surface area contributed by atoms with E-state index in [4.69, 9.17) is 0 Å². The Morgan fingerprint density at radius 3 is 2.39 bits per heavy atom. The summed E-state index contributed by atoms with van der Waals surface area (Å²) in [7, 11) is 0. The average molecular weight is 504 g/mol. The van der Waals surface area contributed by atoms with Crippen LogP contribution in [0.3, 0.4) is 0 Å². The number of hydrogen-bond donors (Lipinski definition) is 1. The summed E-state index contributed by atoms with van der Waals surface area (Å²) in [5.74, 6) is -1.33. The number of aromatic nitrogens is 3. The van der Waals surface area contributed by atoms with Crippen molar-refractivity contribution in [3.05, 3.63) is 78.6 Å². The first-order valence-corrected chi connectivity index (χ1v) is 10.1. The third-order valence-electron chi connectivity index (χ3n) is 4.90. The third-order valence-corrected chi connectivity index (χ3v) is 4.90. The number of anilines is 1. The molecule has 1 amide bonds. The number of fused-ring (bicyclic) bond motifs is 1. The van der Waals surface area contributed by atoms with E-state index >= 15 is 0 Å². The van der Waals surface area contributed by atoms with Crippen LogP contribution in [0.1, 0.15) is 10.4 Å². The number of carbonyl (C=O) groups excluding carboxylic acids is 1. The Morgan fingerprint density at radius 1 is 0.972 bits per heavy atom. The fourth-order valence-electron chi connectivity index (χ4n) is 3.37. The monoisotopic (exact) mass is 504 g/mol. The summed E-state index contributed by atoms with van der Waals surface area (Å²) in [5.41, 5.74) is 1.28. The average Bonchev–Trinajstić information content (AvgIpc) is 3.42. The molecule has 0 fully saturated rings. The van der Waals surface area contributed by atoms with Crippen LogP contribution >= 0.6 is 0 Å². The van der Waals surface area contributed by atoms with E-state index in [0.717, 1.165) is 12.1 Å². The number of alkyl halides is 5. The van der Waals surface area contributed by atoms with Crippen molar-refractivity contribution in [1.82, 2.24) is 14.8 Å². The van der Waals surface area contributed by atoms with Crippen LogP contribution in [0.5, 0.6) is 17.2 Å². The number of hydrogen-bond acceptors (Lipinski definition) is 6. The molecule has 0 bridgehead atoms. The van der Waals surface area contributed by atoms with Gasteiger partial charge in [0.2, 0.25) is 0 Å². The zero-order valence-corrected chi connectivity index (χ0v) is 17.8. The molecule has 0 saturated heterocycles. The molecule has 1 aliphatic rings. The van der Waals surface area contributed by atoms with E-state index in [1.54, 1.807) is 24.3 Å². The zero-order chi connectivity index (χ0) is 25.5. The molecule has 0 aliphatic carbocycles. The fraction of sp³-hybridized carbons (Fsp3) is 0.0870. The summed E-state index contributed by atoms with van der Waals surface area (Å²) in [4.78, 5) is 16.8. The van der Waals surface area contributed by atoms with E-state index in [9.17, 15) is 26.7 Å². The quantitative estimate of drug-likeness (QED) is 0.366. The standard InChI is InChI=1S/C23H13F5N4O4/c24-22(25,26)34-16-10-8-15(9-11-16)32-12-29-20(31-32)13-4-6-14(7-5-13)30-21(33)17-2-1-3-18-19(17)36-23(27,28)35-18/h1-12H,(H,30,33). The van der Waals surface area contributed by atoms with Crippen LogP contribution in [-0.2, 0) is 0 Å². The lowest BCUT2D eigenvalue weighted by atomic mass is 10.1. The highest BCUT2D eigenvalue weighted by Gasteiger charge is 2.45. The largest absolute Gasteiger partial charge is 0.586 e. The number of amides is 1. The van der Waals surface area contributed by atoms with Gasteiger partial charge in [0.25, 0.3) is 5.91 Å². The Labute approximate surface area is 198 Å². The molecule has 5 rings (SSSR count). The predicted molar refractivity (Wildman–Crippen MR) is 114 cm³/mol. The van der Waals surface area contributed by atoms with Crippen LogP contribution in [-0.4, -0.2) is 33.3 Å². The van der Waals surface area contributed by atoms with Crippen molar-refractivity contribution in [2.24, 2.45) is 0 Å². The number of benzene rings is 3. The van der Waals surface area contributed by atoms with E-state index < -0.39 is 18.6 Å². The van der Waals surface area contributed by atoms with Gasteiger partial charge in [-0.3, -0.25) is 4.79 Å². The Balaban J connectivity index is 1.27. The minimum atomic E-state index is -4.79. The summed E-state index contributed by atoms with van der Waals surface area (Å²) < 4.78 is 77.7. The van der Waals surface area contributed by atoms with Crippen LogP contribution in [0.4, 0.5) is 27.6 Å². The minimum Gasteiger partial charge on any atom is -0.406 e. The van der Waals surface area contributed by atoms with Crippen molar-refractivity contribution in [1.29, 1.82) is 0 Å². The number of nitrogens with one attached hydrogen (secondary N) is 1. The molecule has 4 aromatic rings. The molecule has 1 aliphatic heterocycles. The first kappa shape index (κ1) is 23.1. The molecule has 36 heavy (non-hydrogen) atoms. The van der Waals surface area contributed by atoms with E-state index in [2.05, 4.69) is 29.6 Å². The van der Waals surface area contributed by atoms with Gasteiger partial charge in [0.15, 0.2) is 17.3 Å². The van der Waals surface area contributed by atoms with Gasteiger partial charge in [0.1, 0.15) is 12.1 Å². The summed E-state index contributed by atoms with van der Waals surface area (Å²) in [6.45, 7) is 0. The summed E-state index contributed by atoms with van der Waals surface area (Å²) in [6, 6.07) is 15.4. The molecule has 0 radical (unpaired) electrons. The normalized spacial score (nSPS) is 13.9. The molecule has 13 heteroatoms. The Bertz CT molecular complexity index is 1420. The number of ether oxygens (including phenoxy) is 3. The Hall–Kier alpha value is -4.68. The summed E-state index contributed by atoms with van der Waals surface area (Å²) >= 11 is 0. The molecule has 0 unspecified atom stereocenters. The molecule has 1 N–H and O–H groups in total. The maximum atomic E-state index is 13.4. The molecule has 1 aromatic heterocycles. The lowest BCUT2D eigenvalue weighted by Crippen LogP contribution is -2.26. The smallest absolute Gasteiger partial charge is 0.406 e. The van der Waals surface area contributed by atoms with Crippen LogP contribution in [0.2, 0.25) is 0 Å². The van der Waals surface area contributed by atoms with Gasteiger partial charge in [-0.15, -0.1) is 27.1 Å². The van der Waals surface area contributed by atoms with Gasteiger partial charge in [-0.05, 0) is 60.7 Å².